The molecule has 1 heterocycles. The number of hydrogen-bond acceptors (Lipinski definition) is 9. The van der Waals surface area contributed by atoms with Crippen molar-refractivity contribution >= 4 is 68.7 Å². The number of anilines is 2. The molecule has 1 aliphatic rings. The summed E-state index contributed by atoms with van der Waals surface area (Å²) in [5, 5.41) is 29.9. The summed E-state index contributed by atoms with van der Waals surface area (Å²) in [4.78, 5) is 8.39. The highest BCUT2D eigenvalue weighted by Gasteiger charge is 2.11. The van der Waals surface area contributed by atoms with Crippen LogP contribution in [0, 0.1) is 0 Å². The Morgan fingerprint density at radius 1 is 0.854 bits per heavy atom. The lowest BCUT2D eigenvalue weighted by atomic mass is 10.0. The standard InChI is InChI=1S/C12H18N2OS.C12H16N2S.C10H11NS.C2H7NO.CH4/c1-9(2)10-5-3-4-6-11(10)14-12(16)13-7-8-15;1-9(2)10-5-3-4-6-11(10)14-12-13-7-8-15-12;1-8(2)9-5-3-4-6-10(9)11-7-12;3-1-2-4;/h3-6,9,15H,7-8H2,1-2H3,(H2,13,14,16);3-6,9H,7-8H2,1-2H3,(H,13,14);3-6,8H,1-2H3;4H,1-3H2;1H4. The predicted octanol–water partition coefficient (Wildman–Crippen LogP) is 8.53. The number of aliphatic hydroxyl groups is 2. The molecule has 7 N–H and O–H groups in total. The summed E-state index contributed by atoms with van der Waals surface area (Å²) in [6.45, 7) is 14.9. The van der Waals surface area contributed by atoms with Gasteiger partial charge in [-0.05, 0) is 77.1 Å². The van der Waals surface area contributed by atoms with Crippen molar-refractivity contribution in [1.29, 1.82) is 0 Å². The van der Waals surface area contributed by atoms with Crippen LogP contribution in [-0.2, 0) is 0 Å². The third kappa shape index (κ3) is 17.8. The van der Waals surface area contributed by atoms with Gasteiger partial charge in [-0.1, -0.05) is 115 Å². The number of nitrogens with zero attached hydrogens (tertiary/aromatic N) is 2. The molecule has 0 saturated heterocycles. The van der Waals surface area contributed by atoms with E-state index in [1.54, 1.807) is 11.8 Å². The van der Waals surface area contributed by atoms with Gasteiger partial charge in [-0.2, -0.15) is 4.99 Å². The topological polar surface area (TPSA) is 127 Å². The first kappa shape index (κ1) is 44.9. The lowest BCUT2D eigenvalue weighted by molar-refractivity contribution is 0.300. The molecule has 0 unspecified atom stereocenters. The molecule has 0 radical (unpaired) electrons. The zero-order valence-corrected chi connectivity index (χ0v) is 30.9. The molecule has 3 aromatic rings. The molecule has 4 rings (SSSR count). The maximum atomic E-state index is 8.67. The van der Waals surface area contributed by atoms with Crippen LogP contribution in [0.3, 0.4) is 0 Å². The Kier molecular flexibility index (Phi) is 25.0. The Morgan fingerprint density at radius 2 is 1.35 bits per heavy atom. The van der Waals surface area contributed by atoms with Gasteiger partial charge in [0.05, 0.1) is 30.6 Å². The Balaban J connectivity index is 0.000000652. The van der Waals surface area contributed by atoms with Crippen molar-refractivity contribution in [2.45, 2.75) is 66.7 Å². The molecule has 0 fully saturated rings. The molecule has 8 nitrogen and oxygen atoms in total. The van der Waals surface area contributed by atoms with Crippen LogP contribution in [0.1, 0.15) is 83.4 Å². The largest absolute Gasteiger partial charge is 0.395 e. The van der Waals surface area contributed by atoms with Crippen LogP contribution in [0.5, 0.6) is 0 Å². The van der Waals surface area contributed by atoms with E-state index in [1.807, 2.05) is 36.4 Å². The molecular weight excluding hydrogens is 657 g/mol. The van der Waals surface area contributed by atoms with Crippen molar-refractivity contribution in [2.75, 3.05) is 49.2 Å². The number of amidine groups is 1. The number of aliphatic imine (C=N–C) groups is 2. The van der Waals surface area contributed by atoms with Crippen LogP contribution < -0.4 is 21.7 Å². The number of thiocarbonyl (C=S) groups is 2. The van der Waals surface area contributed by atoms with E-state index >= 15 is 0 Å². The first-order valence-electron chi connectivity index (χ1n) is 15.8. The van der Waals surface area contributed by atoms with Crippen molar-refractivity contribution in [3.63, 3.8) is 0 Å². The minimum Gasteiger partial charge on any atom is -0.395 e. The quantitative estimate of drug-likeness (QED) is 0.0956. The molecule has 0 spiro atoms. The van der Waals surface area contributed by atoms with Crippen molar-refractivity contribution < 1.29 is 10.2 Å². The van der Waals surface area contributed by atoms with E-state index in [0.29, 0.717) is 36.0 Å². The smallest absolute Gasteiger partial charge is 0.170 e. The summed E-state index contributed by atoms with van der Waals surface area (Å²) in [5.41, 5.74) is 11.7. The zero-order chi connectivity index (χ0) is 35.0. The number of benzene rings is 3. The molecule has 0 amide bonds. The van der Waals surface area contributed by atoms with Crippen molar-refractivity contribution in [3.05, 3.63) is 89.5 Å². The maximum absolute atomic E-state index is 8.67. The first-order chi connectivity index (χ1) is 22.6. The number of nitrogens with one attached hydrogen (secondary N) is 3. The zero-order valence-electron chi connectivity index (χ0n) is 28.5. The Morgan fingerprint density at radius 3 is 1.83 bits per heavy atom. The number of para-hydroxylation sites is 3. The summed E-state index contributed by atoms with van der Waals surface area (Å²) >= 11 is 11.5. The normalized spacial score (nSPS) is 11.3. The van der Waals surface area contributed by atoms with Crippen LogP contribution in [0.25, 0.3) is 0 Å². The molecule has 0 aromatic heterocycles. The number of nitrogens with two attached hydrogens (primary N) is 1. The Hall–Kier alpha value is -3.15. The summed E-state index contributed by atoms with van der Waals surface area (Å²) in [7, 11) is 0. The van der Waals surface area contributed by atoms with Crippen LogP contribution in [0.15, 0.2) is 82.8 Å². The van der Waals surface area contributed by atoms with E-state index in [9.17, 15) is 0 Å². The van der Waals surface area contributed by atoms with Gasteiger partial charge in [-0.3, -0.25) is 4.99 Å². The van der Waals surface area contributed by atoms with Crippen LogP contribution >= 0.6 is 36.2 Å². The molecule has 0 saturated carbocycles. The Bertz CT molecular complexity index is 1410. The summed E-state index contributed by atoms with van der Waals surface area (Å²) in [5.74, 6) is 2.57. The second-order valence-electron chi connectivity index (χ2n) is 11.2. The average Bonchev–Trinajstić information content (AvgIpc) is 3.58. The number of aliphatic hydroxyl groups excluding tert-OH is 2. The maximum Gasteiger partial charge on any atom is 0.170 e. The van der Waals surface area contributed by atoms with E-state index < -0.39 is 0 Å². The number of isothiocyanates is 1. The number of thioether (sulfide) groups is 1. The molecule has 264 valence electrons. The molecule has 11 heteroatoms. The summed E-state index contributed by atoms with van der Waals surface area (Å²) in [6, 6.07) is 24.5. The molecule has 1 aliphatic heterocycles. The van der Waals surface area contributed by atoms with Gasteiger partial charge in [0.15, 0.2) is 10.3 Å². The lowest BCUT2D eigenvalue weighted by Gasteiger charge is -2.15. The van der Waals surface area contributed by atoms with Gasteiger partial charge in [-0.15, -0.1) is 0 Å². The number of hydrogen-bond donors (Lipinski definition) is 6. The van der Waals surface area contributed by atoms with E-state index in [2.05, 4.69) is 121 Å². The van der Waals surface area contributed by atoms with E-state index in [0.717, 1.165) is 28.8 Å². The summed E-state index contributed by atoms with van der Waals surface area (Å²) in [6.07, 6.45) is 0. The highest BCUT2D eigenvalue weighted by Crippen LogP contribution is 2.27. The lowest BCUT2D eigenvalue weighted by Crippen LogP contribution is -2.31. The molecule has 3 aromatic carbocycles. The predicted molar refractivity (Wildman–Crippen MR) is 219 cm³/mol. The second kappa shape index (κ2) is 26.8. The van der Waals surface area contributed by atoms with Gasteiger partial charge in [0, 0.05) is 30.2 Å². The molecule has 0 atom stereocenters. The molecule has 0 bridgehead atoms. The van der Waals surface area contributed by atoms with Crippen molar-refractivity contribution in [2.24, 2.45) is 15.7 Å². The monoisotopic (exact) mass is 712 g/mol. The van der Waals surface area contributed by atoms with Crippen LogP contribution in [0.2, 0.25) is 0 Å². The molecule has 0 aliphatic carbocycles. The van der Waals surface area contributed by atoms with E-state index in [1.165, 1.54) is 22.4 Å². The highest BCUT2D eigenvalue weighted by molar-refractivity contribution is 8.14. The van der Waals surface area contributed by atoms with Gasteiger partial charge < -0.3 is 31.9 Å². The summed E-state index contributed by atoms with van der Waals surface area (Å²) < 4.78 is 0. The van der Waals surface area contributed by atoms with Crippen molar-refractivity contribution in [3.8, 4) is 0 Å². The van der Waals surface area contributed by atoms with Crippen LogP contribution in [-0.4, -0.2) is 64.3 Å². The third-order valence-corrected chi connectivity index (χ3v) is 7.72. The van der Waals surface area contributed by atoms with Crippen LogP contribution in [0.4, 0.5) is 17.1 Å². The first-order valence-corrected chi connectivity index (χ1v) is 17.6. The fourth-order valence-electron chi connectivity index (χ4n) is 4.22. The van der Waals surface area contributed by atoms with Gasteiger partial charge >= 0.3 is 0 Å². The third-order valence-electron chi connectivity index (χ3n) is 6.49. The minimum atomic E-state index is 0. The average molecular weight is 713 g/mol. The Labute approximate surface area is 304 Å². The minimum absolute atomic E-state index is 0. The van der Waals surface area contributed by atoms with Gasteiger partial charge in [0.1, 0.15) is 0 Å². The number of rotatable bonds is 9. The second-order valence-corrected chi connectivity index (χ2v) is 12.9. The molecular formula is C37H56N6O2S3. The van der Waals surface area contributed by atoms with Gasteiger partial charge in [-0.25, -0.2) is 0 Å². The van der Waals surface area contributed by atoms with E-state index in [4.69, 9.17) is 28.2 Å². The fraction of sp³-hybridized carbons (Fsp3) is 0.432. The van der Waals surface area contributed by atoms with Gasteiger partial charge in [0.2, 0.25) is 0 Å². The SMILES string of the molecule is C.CC(C)c1ccccc1N=C=S.CC(C)c1ccccc1NC(=S)NCCO.CC(C)c1ccccc1NC1=NCCS1.NCCO. The molecule has 48 heavy (non-hydrogen) atoms. The van der Waals surface area contributed by atoms with E-state index in [-0.39, 0.29) is 20.6 Å². The fourth-order valence-corrected chi connectivity index (χ4v) is 5.27. The van der Waals surface area contributed by atoms with Crippen molar-refractivity contribution in [1.82, 2.24) is 5.32 Å². The highest BCUT2D eigenvalue weighted by atomic mass is 32.2. The van der Waals surface area contributed by atoms with Gasteiger partial charge in [0.25, 0.3) is 0 Å².